The van der Waals surface area contributed by atoms with Crippen LogP contribution in [0.5, 0.6) is 0 Å². The van der Waals surface area contributed by atoms with Crippen LogP contribution in [0.4, 0.5) is 5.69 Å². The fourth-order valence-corrected chi connectivity index (χ4v) is 5.67. The lowest BCUT2D eigenvalue weighted by atomic mass is 9.83. The van der Waals surface area contributed by atoms with Gasteiger partial charge in [0.25, 0.3) is 0 Å². The Labute approximate surface area is 232 Å². The van der Waals surface area contributed by atoms with Crippen LogP contribution in [0.2, 0.25) is 0 Å². The Bertz CT molecular complexity index is 1300. The van der Waals surface area contributed by atoms with Gasteiger partial charge in [0.2, 0.25) is 11.8 Å². The number of anilines is 1. The zero-order chi connectivity index (χ0) is 27.6. The molecule has 0 unspecified atom stereocenters. The van der Waals surface area contributed by atoms with Gasteiger partial charge in [0, 0.05) is 42.1 Å². The van der Waals surface area contributed by atoms with Gasteiger partial charge in [-0.15, -0.1) is 0 Å². The molecule has 2 saturated carbocycles. The summed E-state index contributed by atoms with van der Waals surface area (Å²) in [5, 5.41) is 3.10. The number of amides is 2. The summed E-state index contributed by atoms with van der Waals surface area (Å²) in [7, 11) is 1.95. The van der Waals surface area contributed by atoms with Gasteiger partial charge in [-0.2, -0.15) is 0 Å². The SMILES string of the molecule is CN(C(=O)C1CC1)C1CCC(CC(=O)Nc2cnc(-c3ccc(C(C)(C)N)cc3)c(-c3ccccc3)c2)CC1. The van der Waals surface area contributed by atoms with E-state index in [1.807, 2.05) is 50.1 Å². The molecule has 2 aliphatic rings. The molecule has 3 aromatic rings. The molecule has 204 valence electrons. The van der Waals surface area contributed by atoms with Gasteiger partial charge in [-0.3, -0.25) is 14.6 Å². The molecule has 0 aliphatic heterocycles. The van der Waals surface area contributed by atoms with Crippen molar-refractivity contribution < 1.29 is 9.59 Å². The molecule has 0 bridgehead atoms. The average molecular weight is 525 g/mol. The van der Waals surface area contributed by atoms with Crippen LogP contribution in [-0.2, 0) is 15.1 Å². The maximum atomic E-state index is 13.0. The van der Waals surface area contributed by atoms with E-state index >= 15 is 0 Å². The molecule has 0 spiro atoms. The molecule has 2 amide bonds. The van der Waals surface area contributed by atoms with E-state index in [1.54, 1.807) is 6.20 Å². The number of pyridine rings is 1. The monoisotopic (exact) mass is 524 g/mol. The second kappa shape index (κ2) is 11.3. The number of rotatable bonds is 8. The second-order valence-electron chi connectivity index (χ2n) is 11.9. The van der Waals surface area contributed by atoms with Gasteiger partial charge in [0.15, 0.2) is 0 Å². The van der Waals surface area contributed by atoms with Gasteiger partial charge >= 0.3 is 0 Å². The van der Waals surface area contributed by atoms with E-state index in [0.29, 0.717) is 30.0 Å². The highest BCUT2D eigenvalue weighted by Crippen LogP contribution is 2.36. The third-order valence-corrected chi connectivity index (χ3v) is 8.27. The van der Waals surface area contributed by atoms with Crippen LogP contribution in [0.1, 0.15) is 64.4 Å². The lowest BCUT2D eigenvalue weighted by molar-refractivity contribution is -0.134. The number of nitrogens with one attached hydrogen (secondary N) is 1. The first-order chi connectivity index (χ1) is 18.7. The molecule has 0 atom stereocenters. The molecule has 1 aromatic heterocycles. The summed E-state index contributed by atoms with van der Waals surface area (Å²) in [6.45, 7) is 3.99. The van der Waals surface area contributed by atoms with E-state index in [0.717, 1.165) is 66.5 Å². The van der Waals surface area contributed by atoms with Crippen molar-refractivity contribution in [1.29, 1.82) is 0 Å². The smallest absolute Gasteiger partial charge is 0.225 e. The highest BCUT2D eigenvalue weighted by atomic mass is 16.2. The van der Waals surface area contributed by atoms with Crippen molar-refractivity contribution in [3.05, 3.63) is 72.4 Å². The van der Waals surface area contributed by atoms with Crippen molar-refractivity contribution in [3.63, 3.8) is 0 Å². The molecule has 39 heavy (non-hydrogen) atoms. The Balaban J connectivity index is 1.26. The summed E-state index contributed by atoms with van der Waals surface area (Å²) in [5.41, 5.74) is 11.5. The van der Waals surface area contributed by atoms with Gasteiger partial charge in [-0.05, 0) is 75.5 Å². The summed E-state index contributed by atoms with van der Waals surface area (Å²) in [6.07, 6.45) is 8.22. The molecule has 2 aliphatic carbocycles. The van der Waals surface area contributed by atoms with Crippen molar-refractivity contribution in [3.8, 4) is 22.4 Å². The van der Waals surface area contributed by atoms with Gasteiger partial charge in [0.05, 0.1) is 17.6 Å². The minimum Gasteiger partial charge on any atom is -0.343 e. The quantitative estimate of drug-likeness (QED) is 0.359. The van der Waals surface area contributed by atoms with E-state index < -0.39 is 5.54 Å². The molecule has 3 N–H and O–H groups in total. The number of benzene rings is 2. The van der Waals surface area contributed by atoms with Gasteiger partial charge in [0.1, 0.15) is 0 Å². The normalized spacial score (nSPS) is 19.4. The number of hydrogen-bond donors (Lipinski definition) is 2. The zero-order valence-corrected chi connectivity index (χ0v) is 23.3. The van der Waals surface area contributed by atoms with Crippen molar-refractivity contribution in [2.24, 2.45) is 17.6 Å². The second-order valence-corrected chi connectivity index (χ2v) is 11.9. The predicted molar refractivity (Wildman–Crippen MR) is 157 cm³/mol. The van der Waals surface area contributed by atoms with Gasteiger partial charge < -0.3 is 16.0 Å². The lowest BCUT2D eigenvalue weighted by Crippen LogP contribution is -2.40. The minimum absolute atomic E-state index is 0.0175. The first kappa shape index (κ1) is 27.1. The van der Waals surface area contributed by atoms with Crippen LogP contribution in [0.3, 0.4) is 0 Å². The Morgan fingerprint density at radius 2 is 1.62 bits per heavy atom. The zero-order valence-electron chi connectivity index (χ0n) is 23.3. The molecule has 6 heteroatoms. The third-order valence-electron chi connectivity index (χ3n) is 8.27. The topological polar surface area (TPSA) is 88.3 Å². The third kappa shape index (κ3) is 6.56. The van der Waals surface area contributed by atoms with Crippen molar-refractivity contribution in [2.45, 2.75) is 70.4 Å². The molecular weight excluding hydrogens is 484 g/mol. The lowest BCUT2D eigenvalue weighted by Gasteiger charge is -2.34. The maximum absolute atomic E-state index is 13.0. The summed E-state index contributed by atoms with van der Waals surface area (Å²) in [5.74, 6) is 0.929. The summed E-state index contributed by atoms with van der Waals surface area (Å²) in [4.78, 5) is 32.2. The summed E-state index contributed by atoms with van der Waals surface area (Å²) >= 11 is 0. The van der Waals surface area contributed by atoms with Crippen LogP contribution in [0.15, 0.2) is 66.9 Å². The standard InChI is InChI=1S/C33H40N4O2/c1-33(2,34)26-15-13-24(14-16-26)31-29(23-7-5-4-6-8-23)20-27(21-35-31)36-30(38)19-22-9-17-28(18-10-22)37(3)32(39)25-11-12-25/h4-8,13-16,20-22,25,28H,9-12,17-19,34H2,1-3H3,(H,36,38). The van der Waals surface area contributed by atoms with Crippen LogP contribution in [-0.4, -0.2) is 34.8 Å². The van der Waals surface area contributed by atoms with Crippen LogP contribution in [0.25, 0.3) is 22.4 Å². The number of carbonyl (C=O) groups excluding carboxylic acids is 2. The largest absolute Gasteiger partial charge is 0.343 e. The summed E-state index contributed by atoms with van der Waals surface area (Å²) in [6, 6.07) is 20.7. The fraction of sp³-hybridized carbons (Fsp3) is 0.424. The maximum Gasteiger partial charge on any atom is 0.225 e. The number of nitrogens with zero attached hydrogens (tertiary/aromatic N) is 2. The average Bonchev–Trinajstić information content (AvgIpc) is 3.78. The molecule has 0 radical (unpaired) electrons. The molecular formula is C33H40N4O2. The first-order valence-electron chi connectivity index (χ1n) is 14.2. The van der Waals surface area contributed by atoms with Crippen LogP contribution < -0.4 is 11.1 Å². The predicted octanol–water partition coefficient (Wildman–Crippen LogP) is 6.37. The highest BCUT2D eigenvalue weighted by Gasteiger charge is 2.36. The van der Waals surface area contributed by atoms with E-state index in [1.165, 1.54) is 0 Å². The Hall–Kier alpha value is -3.51. The molecule has 2 fully saturated rings. The van der Waals surface area contributed by atoms with Crippen LogP contribution >= 0.6 is 0 Å². The molecule has 6 nitrogen and oxygen atoms in total. The minimum atomic E-state index is -0.411. The fourth-order valence-electron chi connectivity index (χ4n) is 5.67. The van der Waals surface area contributed by atoms with Crippen LogP contribution in [0, 0.1) is 11.8 Å². The Kier molecular flexibility index (Phi) is 7.85. The Morgan fingerprint density at radius 1 is 0.949 bits per heavy atom. The number of nitrogens with two attached hydrogens (primary N) is 1. The van der Waals surface area contributed by atoms with Crippen molar-refractivity contribution in [2.75, 3.05) is 12.4 Å². The van der Waals surface area contributed by atoms with E-state index in [-0.39, 0.29) is 11.8 Å². The number of carbonyl (C=O) groups is 2. The van der Waals surface area contributed by atoms with E-state index in [4.69, 9.17) is 10.7 Å². The number of aromatic nitrogens is 1. The Morgan fingerprint density at radius 3 is 2.23 bits per heavy atom. The van der Waals surface area contributed by atoms with Gasteiger partial charge in [-0.1, -0.05) is 54.6 Å². The van der Waals surface area contributed by atoms with Crippen molar-refractivity contribution >= 4 is 17.5 Å². The first-order valence-corrected chi connectivity index (χ1v) is 14.2. The van der Waals surface area contributed by atoms with Gasteiger partial charge in [-0.25, -0.2) is 0 Å². The highest BCUT2D eigenvalue weighted by molar-refractivity contribution is 5.93. The van der Waals surface area contributed by atoms with E-state index in [9.17, 15) is 9.59 Å². The number of hydrogen-bond acceptors (Lipinski definition) is 4. The van der Waals surface area contributed by atoms with E-state index in [2.05, 4.69) is 41.7 Å². The molecule has 2 aromatic carbocycles. The van der Waals surface area contributed by atoms with Crippen molar-refractivity contribution in [1.82, 2.24) is 9.88 Å². The molecule has 0 saturated heterocycles. The molecule has 1 heterocycles. The summed E-state index contributed by atoms with van der Waals surface area (Å²) < 4.78 is 0. The molecule has 5 rings (SSSR count).